The number of carbonyl (C=O) groups is 2. The van der Waals surface area contributed by atoms with Crippen LogP contribution >= 0.6 is 24.0 Å². The highest BCUT2D eigenvalue weighted by atomic mass is 32.2. The Hall–Kier alpha value is -2.45. The van der Waals surface area contributed by atoms with E-state index in [-0.39, 0.29) is 17.9 Å². The molecule has 6 nitrogen and oxygen atoms in total. The van der Waals surface area contributed by atoms with Crippen LogP contribution in [0.2, 0.25) is 0 Å². The summed E-state index contributed by atoms with van der Waals surface area (Å²) < 4.78 is 2.64. The number of hydrogen-bond donors (Lipinski definition) is 1. The first-order valence-electron chi connectivity index (χ1n) is 10.2. The summed E-state index contributed by atoms with van der Waals surface area (Å²) in [4.78, 5) is 31.6. The molecular formula is C22H24N4O2S2. The number of rotatable bonds is 7. The second kappa shape index (κ2) is 9.57. The predicted molar refractivity (Wildman–Crippen MR) is 123 cm³/mol. The smallest absolute Gasteiger partial charge is 0.266 e. The van der Waals surface area contributed by atoms with Crippen LogP contribution in [0.25, 0.3) is 6.08 Å². The zero-order chi connectivity index (χ0) is 20.9. The van der Waals surface area contributed by atoms with Crippen molar-refractivity contribution in [1.29, 1.82) is 0 Å². The molecule has 2 heterocycles. The van der Waals surface area contributed by atoms with Crippen molar-refractivity contribution in [3.63, 3.8) is 0 Å². The van der Waals surface area contributed by atoms with Gasteiger partial charge in [0.15, 0.2) is 0 Å². The van der Waals surface area contributed by atoms with Gasteiger partial charge in [-0.1, -0.05) is 49.0 Å². The van der Waals surface area contributed by atoms with Crippen molar-refractivity contribution in [3.05, 3.63) is 59.0 Å². The average Bonchev–Trinajstić information content (AvgIpc) is 3.49. The minimum Gasteiger partial charge on any atom is -0.352 e. The number of aryl methyl sites for hydroxylation is 1. The third-order valence-corrected chi connectivity index (χ3v) is 6.75. The fourth-order valence-corrected chi connectivity index (χ4v) is 5.22. The van der Waals surface area contributed by atoms with Gasteiger partial charge < -0.3 is 9.88 Å². The SMILES string of the molecule is O=C(NCCCn1ccnc1)c1ccc(C=C2SC(=S)N(C3CCCC3)C2=O)cc1. The van der Waals surface area contributed by atoms with E-state index in [0.717, 1.165) is 44.2 Å². The third kappa shape index (κ3) is 4.82. The molecule has 156 valence electrons. The van der Waals surface area contributed by atoms with Gasteiger partial charge in [-0.25, -0.2) is 4.98 Å². The third-order valence-electron chi connectivity index (χ3n) is 5.42. The van der Waals surface area contributed by atoms with E-state index < -0.39 is 0 Å². The molecule has 2 amide bonds. The summed E-state index contributed by atoms with van der Waals surface area (Å²) in [5, 5.41) is 2.93. The second-order valence-corrected chi connectivity index (χ2v) is 9.20. The molecule has 2 fully saturated rings. The lowest BCUT2D eigenvalue weighted by atomic mass is 10.1. The predicted octanol–water partition coefficient (Wildman–Crippen LogP) is 3.85. The minimum absolute atomic E-state index is 0.0108. The van der Waals surface area contributed by atoms with Crippen LogP contribution in [0.15, 0.2) is 47.9 Å². The maximum Gasteiger partial charge on any atom is 0.266 e. The molecule has 0 radical (unpaired) electrons. The molecule has 30 heavy (non-hydrogen) atoms. The molecule has 1 aromatic carbocycles. The number of amides is 2. The Kier molecular flexibility index (Phi) is 6.64. The summed E-state index contributed by atoms with van der Waals surface area (Å²) in [7, 11) is 0. The van der Waals surface area contributed by atoms with E-state index in [1.54, 1.807) is 29.6 Å². The molecule has 8 heteroatoms. The summed E-state index contributed by atoms with van der Waals surface area (Å²) >= 11 is 6.82. The Bertz CT molecular complexity index is 948. The van der Waals surface area contributed by atoms with Gasteiger partial charge in [-0.2, -0.15) is 0 Å². The van der Waals surface area contributed by atoms with E-state index in [4.69, 9.17) is 12.2 Å². The van der Waals surface area contributed by atoms with E-state index in [1.807, 2.05) is 29.0 Å². The van der Waals surface area contributed by atoms with Gasteiger partial charge >= 0.3 is 0 Å². The van der Waals surface area contributed by atoms with Crippen molar-refractivity contribution < 1.29 is 9.59 Å². The number of imidazole rings is 1. The van der Waals surface area contributed by atoms with E-state index in [2.05, 4.69) is 10.3 Å². The number of thiocarbonyl (C=S) groups is 1. The first-order chi connectivity index (χ1) is 14.6. The molecule has 0 atom stereocenters. The monoisotopic (exact) mass is 440 g/mol. The molecular weight excluding hydrogens is 416 g/mol. The minimum atomic E-state index is -0.0975. The lowest BCUT2D eigenvalue weighted by Crippen LogP contribution is -2.36. The van der Waals surface area contributed by atoms with Crippen molar-refractivity contribution in [2.24, 2.45) is 0 Å². The van der Waals surface area contributed by atoms with Crippen LogP contribution in [0, 0.1) is 0 Å². The normalized spacial score (nSPS) is 18.5. The fraction of sp³-hybridized carbons (Fsp3) is 0.364. The highest BCUT2D eigenvalue weighted by Crippen LogP contribution is 2.37. The van der Waals surface area contributed by atoms with Gasteiger partial charge in [0.05, 0.1) is 11.2 Å². The Labute approximate surface area is 185 Å². The average molecular weight is 441 g/mol. The standard InChI is InChI=1S/C22H24N4O2S2/c27-20(24-10-3-12-25-13-11-23-15-25)17-8-6-16(7-9-17)14-19-21(28)26(22(29)30-19)18-4-1-2-5-18/h6-9,11,13-15,18H,1-5,10,12H2,(H,24,27). The lowest BCUT2D eigenvalue weighted by molar-refractivity contribution is -0.123. The first kappa shape index (κ1) is 20.8. The largest absolute Gasteiger partial charge is 0.352 e. The number of carbonyl (C=O) groups excluding carboxylic acids is 2. The highest BCUT2D eigenvalue weighted by Gasteiger charge is 2.37. The summed E-state index contributed by atoms with van der Waals surface area (Å²) in [6.07, 6.45) is 12.5. The second-order valence-electron chi connectivity index (χ2n) is 7.52. The number of thioether (sulfide) groups is 1. The van der Waals surface area contributed by atoms with Crippen LogP contribution in [-0.2, 0) is 11.3 Å². The molecule has 1 aromatic heterocycles. The van der Waals surface area contributed by atoms with Crippen molar-refractivity contribution in [2.75, 3.05) is 6.54 Å². The Morgan fingerprint density at radius 2 is 2.03 bits per heavy atom. The molecule has 4 rings (SSSR count). The zero-order valence-electron chi connectivity index (χ0n) is 16.6. The quantitative estimate of drug-likeness (QED) is 0.402. The molecule has 1 saturated heterocycles. The van der Waals surface area contributed by atoms with Crippen LogP contribution in [0.3, 0.4) is 0 Å². The van der Waals surface area contributed by atoms with Crippen molar-refractivity contribution in [3.8, 4) is 0 Å². The summed E-state index contributed by atoms with van der Waals surface area (Å²) in [5.41, 5.74) is 1.49. The Morgan fingerprint density at radius 3 is 2.73 bits per heavy atom. The van der Waals surface area contributed by atoms with Crippen LogP contribution in [0.1, 0.15) is 48.0 Å². The fourth-order valence-electron chi connectivity index (χ4n) is 3.82. The van der Waals surface area contributed by atoms with Crippen LogP contribution in [0.4, 0.5) is 0 Å². The van der Waals surface area contributed by atoms with Gasteiger partial charge in [-0.05, 0) is 43.0 Å². The van der Waals surface area contributed by atoms with Gasteiger partial charge in [-0.15, -0.1) is 0 Å². The van der Waals surface area contributed by atoms with Gasteiger partial charge in [0.2, 0.25) is 0 Å². The van der Waals surface area contributed by atoms with E-state index in [9.17, 15) is 9.59 Å². The molecule has 2 aliphatic rings. The molecule has 0 spiro atoms. The van der Waals surface area contributed by atoms with Gasteiger partial charge in [-0.3, -0.25) is 14.5 Å². The Morgan fingerprint density at radius 1 is 1.27 bits per heavy atom. The maximum absolute atomic E-state index is 12.8. The molecule has 1 saturated carbocycles. The molecule has 1 aliphatic carbocycles. The van der Waals surface area contributed by atoms with Gasteiger partial charge in [0.25, 0.3) is 11.8 Å². The van der Waals surface area contributed by atoms with Crippen LogP contribution in [-0.4, -0.2) is 43.2 Å². The maximum atomic E-state index is 12.8. The summed E-state index contributed by atoms with van der Waals surface area (Å²) in [5.74, 6) is -0.0867. The number of nitrogens with zero attached hydrogens (tertiary/aromatic N) is 3. The van der Waals surface area contributed by atoms with Crippen LogP contribution in [0.5, 0.6) is 0 Å². The molecule has 1 aliphatic heterocycles. The molecule has 2 aromatic rings. The van der Waals surface area contributed by atoms with Crippen molar-refractivity contribution >= 4 is 46.2 Å². The van der Waals surface area contributed by atoms with Crippen molar-refractivity contribution in [2.45, 2.75) is 44.7 Å². The van der Waals surface area contributed by atoms with E-state index >= 15 is 0 Å². The summed E-state index contributed by atoms with van der Waals surface area (Å²) in [6, 6.07) is 7.55. The highest BCUT2D eigenvalue weighted by molar-refractivity contribution is 8.26. The summed E-state index contributed by atoms with van der Waals surface area (Å²) in [6.45, 7) is 1.42. The first-order valence-corrected chi connectivity index (χ1v) is 11.5. The lowest BCUT2D eigenvalue weighted by Gasteiger charge is -2.21. The number of aromatic nitrogens is 2. The van der Waals surface area contributed by atoms with Crippen LogP contribution < -0.4 is 5.32 Å². The Balaban J connectivity index is 1.32. The number of hydrogen-bond acceptors (Lipinski definition) is 5. The van der Waals surface area contributed by atoms with Gasteiger partial charge in [0, 0.05) is 37.1 Å². The molecule has 0 unspecified atom stereocenters. The van der Waals surface area contributed by atoms with Gasteiger partial charge in [0.1, 0.15) is 4.32 Å². The topological polar surface area (TPSA) is 67.2 Å². The molecule has 0 bridgehead atoms. The van der Waals surface area contributed by atoms with E-state index in [0.29, 0.717) is 21.3 Å². The van der Waals surface area contributed by atoms with E-state index in [1.165, 1.54) is 11.8 Å². The number of benzene rings is 1. The molecule has 1 N–H and O–H groups in total. The number of nitrogens with one attached hydrogen (secondary N) is 1. The zero-order valence-corrected chi connectivity index (χ0v) is 18.3. The van der Waals surface area contributed by atoms with Crippen molar-refractivity contribution in [1.82, 2.24) is 19.8 Å².